The van der Waals surface area contributed by atoms with Gasteiger partial charge in [0, 0.05) is 0 Å². The maximum atomic E-state index is 11.0. The second kappa shape index (κ2) is 4.87. The number of aldehydes is 1. The van der Waals surface area contributed by atoms with Gasteiger partial charge in [-0.15, -0.1) is 0 Å². The maximum absolute atomic E-state index is 11.0. The Morgan fingerprint density at radius 3 is 2.17 bits per heavy atom. The number of hydrogen-bond donors (Lipinski definition) is 0. The lowest BCUT2D eigenvalue weighted by molar-refractivity contribution is 0.112. The zero-order valence-electron chi connectivity index (χ0n) is 8.34. The number of carbonyl (C=O) groups is 1. The molecule has 1 aromatic carbocycles. The van der Waals surface area contributed by atoms with Crippen molar-refractivity contribution in [2.24, 2.45) is 0 Å². The van der Waals surface area contributed by atoms with Crippen LogP contribution in [0, 0.1) is 11.3 Å². The fraction of sp³-hybridized carbons (Fsp3) is 0. The molecule has 0 bridgehead atoms. The molecule has 0 aliphatic rings. The van der Waals surface area contributed by atoms with Gasteiger partial charge in [0.2, 0.25) is 5.82 Å². The van der Waals surface area contributed by atoms with Crippen molar-refractivity contribution in [3.63, 3.8) is 0 Å². The van der Waals surface area contributed by atoms with E-state index in [1.54, 1.807) is 6.07 Å². The van der Waals surface area contributed by atoms with Crippen molar-refractivity contribution in [2.75, 3.05) is 0 Å². The van der Waals surface area contributed by atoms with E-state index in [-0.39, 0.29) is 42.5 Å². The summed E-state index contributed by atoms with van der Waals surface area (Å²) in [7, 11) is 0. The molecule has 0 saturated heterocycles. The highest BCUT2D eigenvalue weighted by molar-refractivity contribution is 6.55. The van der Waals surface area contributed by atoms with Crippen LogP contribution in [0.3, 0.4) is 0 Å². The van der Waals surface area contributed by atoms with E-state index in [0.29, 0.717) is 6.29 Å². The highest BCUT2D eigenvalue weighted by Crippen LogP contribution is 2.42. The van der Waals surface area contributed by atoms with Crippen molar-refractivity contribution < 1.29 is 4.79 Å². The number of benzene rings is 1. The van der Waals surface area contributed by atoms with E-state index in [2.05, 4.69) is 9.97 Å². The summed E-state index contributed by atoms with van der Waals surface area (Å²) >= 11 is 23.7. The summed E-state index contributed by atoms with van der Waals surface area (Å²) in [5.41, 5.74) is 0.0479. The van der Waals surface area contributed by atoms with E-state index in [1.165, 1.54) is 0 Å². The minimum atomic E-state index is -0.207. The maximum Gasteiger partial charge on any atom is 0.233 e. The van der Waals surface area contributed by atoms with Crippen LogP contribution in [-0.4, -0.2) is 16.3 Å². The minimum Gasteiger partial charge on any atom is -0.296 e. The van der Waals surface area contributed by atoms with Crippen molar-refractivity contribution in [2.45, 2.75) is 0 Å². The zero-order chi connectivity index (χ0) is 13.4. The van der Waals surface area contributed by atoms with E-state index in [0.717, 1.165) is 0 Å². The molecule has 0 spiro atoms. The zero-order valence-corrected chi connectivity index (χ0v) is 11.4. The van der Waals surface area contributed by atoms with Crippen molar-refractivity contribution >= 4 is 63.6 Å². The predicted octanol–water partition coefficient (Wildman–Crippen LogP) is 3.93. The number of aromatic nitrogens is 2. The molecule has 0 radical (unpaired) electrons. The van der Waals surface area contributed by atoms with Crippen molar-refractivity contribution in [1.29, 1.82) is 5.26 Å². The number of halogens is 4. The summed E-state index contributed by atoms with van der Waals surface area (Å²) < 4.78 is 0. The molecule has 8 heteroatoms. The van der Waals surface area contributed by atoms with Crippen LogP contribution in [0.2, 0.25) is 20.1 Å². The third-order valence-corrected chi connectivity index (χ3v) is 3.95. The lowest BCUT2D eigenvalue weighted by atomic mass is 10.2. The quantitative estimate of drug-likeness (QED) is 0.453. The SMILES string of the molecule is N#Cc1nc(C=O)c2c(Cl)c(Cl)c(Cl)c(Cl)c2n1. The van der Waals surface area contributed by atoms with E-state index in [4.69, 9.17) is 51.7 Å². The van der Waals surface area contributed by atoms with Crippen LogP contribution in [0.25, 0.3) is 10.9 Å². The van der Waals surface area contributed by atoms with Gasteiger partial charge >= 0.3 is 0 Å². The molecule has 0 unspecified atom stereocenters. The van der Waals surface area contributed by atoms with Crippen LogP contribution < -0.4 is 0 Å². The number of nitrogens with zero attached hydrogens (tertiary/aromatic N) is 3. The van der Waals surface area contributed by atoms with E-state index >= 15 is 0 Å². The Morgan fingerprint density at radius 2 is 1.61 bits per heavy atom. The molecule has 0 amide bonds. The average molecular weight is 321 g/mol. The van der Waals surface area contributed by atoms with Gasteiger partial charge in [0.25, 0.3) is 0 Å². The molecule has 2 aromatic rings. The molecule has 0 aliphatic carbocycles. The fourth-order valence-electron chi connectivity index (χ4n) is 1.40. The predicted molar refractivity (Wildman–Crippen MR) is 69.7 cm³/mol. The number of rotatable bonds is 1. The minimum absolute atomic E-state index is 0.00670. The molecule has 1 heterocycles. The second-order valence-corrected chi connectivity index (χ2v) is 4.65. The summed E-state index contributed by atoms with van der Waals surface area (Å²) in [6.45, 7) is 0. The summed E-state index contributed by atoms with van der Waals surface area (Å²) in [5.74, 6) is -0.207. The Hall–Kier alpha value is -1.12. The van der Waals surface area contributed by atoms with E-state index in [9.17, 15) is 4.79 Å². The molecule has 90 valence electrons. The fourth-order valence-corrected chi connectivity index (χ4v) is 2.38. The molecule has 0 aliphatic heterocycles. The molecular formula is C10HCl4N3O. The van der Waals surface area contributed by atoms with Gasteiger partial charge in [0.15, 0.2) is 6.29 Å². The van der Waals surface area contributed by atoms with Gasteiger partial charge in [-0.25, -0.2) is 9.97 Å². The topological polar surface area (TPSA) is 66.6 Å². The van der Waals surface area contributed by atoms with Crippen molar-refractivity contribution in [3.8, 4) is 6.07 Å². The summed E-state index contributed by atoms with van der Waals surface area (Å²) in [6.07, 6.45) is 0.442. The number of nitriles is 1. The Kier molecular flexibility index (Phi) is 3.60. The third kappa shape index (κ3) is 1.90. The van der Waals surface area contributed by atoms with Gasteiger partial charge in [0.05, 0.1) is 31.0 Å². The summed E-state index contributed by atoms with van der Waals surface area (Å²) in [6, 6.07) is 1.72. The lowest BCUT2D eigenvalue weighted by Gasteiger charge is -2.08. The largest absolute Gasteiger partial charge is 0.296 e. The van der Waals surface area contributed by atoms with Gasteiger partial charge in [-0.3, -0.25) is 4.79 Å². The summed E-state index contributed by atoms with van der Waals surface area (Å²) in [5, 5.41) is 9.00. The first-order chi connectivity index (χ1) is 8.51. The molecular weight excluding hydrogens is 320 g/mol. The molecule has 1 aromatic heterocycles. The molecule has 18 heavy (non-hydrogen) atoms. The van der Waals surface area contributed by atoms with E-state index < -0.39 is 0 Å². The smallest absolute Gasteiger partial charge is 0.233 e. The third-order valence-electron chi connectivity index (χ3n) is 2.15. The van der Waals surface area contributed by atoms with Gasteiger partial charge in [-0.05, 0) is 0 Å². The molecule has 0 atom stereocenters. The van der Waals surface area contributed by atoms with Crippen LogP contribution in [0.1, 0.15) is 16.3 Å². The van der Waals surface area contributed by atoms with Crippen LogP contribution >= 0.6 is 46.4 Å². The van der Waals surface area contributed by atoms with Crippen LogP contribution in [0.4, 0.5) is 0 Å². The normalized spacial score (nSPS) is 10.4. The number of carbonyl (C=O) groups excluding carboxylic acids is 1. The van der Waals surface area contributed by atoms with Gasteiger partial charge < -0.3 is 0 Å². The number of fused-ring (bicyclic) bond motifs is 1. The Bertz CT molecular complexity index is 724. The molecule has 4 nitrogen and oxygen atoms in total. The molecule has 2 rings (SSSR count). The first-order valence-electron chi connectivity index (χ1n) is 4.40. The van der Waals surface area contributed by atoms with Crippen LogP contribution in [0.5, 0.6) is 0 Å². The highest BCUT2D eigenvalue weighted by atomic mass is 35.5. The Labute approximate surface area is 121 Å². The molecule has 0 fully saturated rings. The Balaban J connectivity index is 3.11. The number of hydrogen-bond acceptors (Lipinski definition) is 4. The van der Waals surface area contributed by atoms with E-state index in [1.807, 2.05) is 0 Å². The van der Waals surface area contributed by atoms with Gasteiger partial charge in [0.1, 0.15) is 11.8 Å². The lowest BCUT2D eigenvalue weighted by Crippen LogP contribution is -1.99. The van der Waals surface area contributed by atoms with Gasteiger partial charge in [-0.1, -0.05) is 46.4 Å². The van der Waals surface area contributed by atoms with Crippen molar-refractivity contribution in [1.82, 2.24) is 9.97 Å². The first kappa shape index (κ1) is 13.3. The average Bonchev–Trinajstić information content (AvgIpc) is 2.41. The molecule has 0 saturated carbocycles. The Morgan fingerprint density at radius 1 is 1.00 bits per heavy atom. The monoisotopic (exact) mass is 319 g/mol. The molecule has 0 N–H and O–H groups in total. The highest BCUT2D eigenvalue weighted by Gasteiger charge is 2.20. The van der Waals surface area contributed by atoms with Crippen LogP contribution in [-0.2, 0) is 0 Å². The second-order valence-electron chi connectivity index (χ2n) is 3.14. The summed E-state index contributed by atoms with van der Waals surface area (Å²) in [4.78, 5) is 18.6. The van der Waals surface area contributed by atoms with Gasteiger partial charge in [-0.2, -0.15) is 5.26 Å². The van der Waals surface area contributed by atoms with Crippen LogP contribution in [0.15, 0.2) is 0 Å². The van der Waals surface area contributed by atoms with Crippen molar-refractivity contribution in [3.05, 3.63) is 31.6 Å². The first-order valence-corrected chi connectivity index (χ1v) is 5.91. The standard InChI is InChI=1S/C10HCl4N3O/c11-6-5-3(2-18)16-4(1-15)17-10(5)9(14)8(13)7(6)12/h2H.